The predicted octanol–water partition coefficient (Wildman–Crippen LogP) is 6.91. The van der Waals surface area contributed by atoms with Crippen molar-refractivity contribution in [1.82, 2.24) is 9.21 Å². The maximum atomic E-state index is 14.0. The van der Waals surface area contributed by atoms with Gasteiger partial charge in [0.1, 0.15) is 18.1 Å². The molecule has 6 rings (SSSR count). The van der Waals surface area contributed by atoms with Gasteiger partial charge in [-0.05, 0) is 78.8 Å². The zero-order chi connectivity index (χ0) is 36.3. The second-order valence-electron chi connectivity index (χ2n) is 13.5. The van der Waals surface area contributed by atoms with Crippen LogP contribution in [0.2, 0.25) is 0 Å². The van der Waals surface area contributed by atoms with Crippen molar-refractivity contribution in [1.29, 1.82) is 5.26 Å². The van der Waals surface area contributed by atoms with Crippen LogP contribution in [0, 0.1) is 17.2 Å². The standard InChI is InChI=1S/C39H41N3O8S/c1-26(2)22-41(51(45,46)32-17-18-35-36(20-32)49-25-48-35)23-37-34(42(38(43)44)39(3,4)50-37)19-27-11-15-31(16-12-27)47-24-28-9-13-29(14-10-28)33-8-6-5-7-30(33)21-40/h5-18,20,26,34,37H,19,22-25H2,1-4H3,(H,43,44)/t34-,37+/m0/s1. The van der Waals surface area contributed by atoms with E-state index in [1.165, 1.54) is 21.3 Å². The lowest BCUT2D eigenvalue weighted by atomic mass is 9.99. The Hall–Kier alpha value is -5.09. The average molecular weight is 712 g/mol. The molecule has 51 heavy (non-hydrogen) atoms. The number of nitrogens with zero attached hydrogens (tertiary/aromatic N) is 3. The van der Waals surface area contributed by atoms with E-state index in [9.17, 15) is 23.6 Å². The third-order valence-electron chi connectivity index (χ3n) is 9.01. The average Bonchev–Trinajstić information content (AvgIpc) is 3.68. The Bertz CT molecular complexity index is 2020. The van der Waals surface area contributed by atoms with Gasteiger partial charge in [-0.2, -0.15) is 9.57 Å². The van der Waals surface area contributed by atoms with Gasteiger partial charge in [-0.1, -0.05) is 68.4 Å². The van der Waals surface area contributed by atoms with Crippen LogP contribution in [0.4, 0.5) is 4.79 Å². The Morgan fingerprint density at radius 2 is 1.69 bits per heavy atom. The molecule has 2 heterocycles. The van der Waals surface area contributed by atoms with Crippen LogP contribution in [-0.4, -0.2) is 66.6 Å². The van der Waals surface area contributed by atoms with Crippen molar-refractivity contribution in [2.24, 2.45) is 5.92 Å². The van der Waals surface area contributed by atoms with Gasteiger partial charge in [0.25, 0.3) is 0 Å². The molecule has 12 heteroatoms. The first-order chi connectivity index (χ1) is 24.4. The highest BCUT2D eigenvalue weighted by Gasteiger charge is 2.51. The maximum Gasteiger partial charge on any atom is 0.409 e. The fraction of sp³-hybridized carbons (Fsp3) is 0.333. The van der Waals surface area contributed by atoms with Crippen LogP contribution < -0.4 is 14.2 Å². The van der Waals surface area contributed by atoms with E-state index in [0.29, 0.717) is 35.8 Å². The van der Waals surface area contributed by atoms with Gasteiger partial charge in [0, 0.05) is 19.2 Å². The van der Waals surface area contributed by atoms with Crippen molar-refractivity contribution in [2.75, 3.05) is 19.9 Å². The number of carbonyl (C=O) groups is 1. The van der Waals surface area contributed by atoms with E-state index >= 15 is 0 Å². The number of sulfonamides is 1. The second kappa shape index (κ2) is 14.6. The molecular formula is C39H41N3O8S. The molecule has 2 aliphatic rings. The van der Waals surface area contributed by atoms with Gasteiger partial charge in [-0.25, -0.2) is 13.2 Å². The molecule has 0 saturated carbocycles. The van der Waals surface area contributed by atoms with Crippen molar-refractivity contribution in [2.45, 2.75) is 63.5 Å². The van der Waals surface area contributed by atoms with Crippen LogP contribution in [0.5, 0.6) is 17.2 Å². The highest BCUT2D eigenvalue weighted by atomic mass is 32.2. The lowest BCUT2D eigenvalue weighted by Gasteiger charge is -2.31. The predicted molar refractivity (Wildman–Crippen MR) is 190 cm³/mol. The number of benzene rings is 4. The minimum atomic E-state index is -4.01. The third kappa shape index (κ3) is 7.81. The normalized spacial score (nSPS) is 17.9. The van der Waals surface area contributed by atoms with E-state index in [0.717, 1.165) is 22.3 Å². The minimum Gasteiger partial charge on any atom is -0.489 e. The molecule has 4 aromatic carbocycles. The topological polar surface area (TPSA) is 139 Å². The molecule has 0 spiro atoms. The Kier molecular flexibility index (Phi) is 10.3. The fourth-order valence-electron chi connectivity index (χ4n) is 6.63. The first kappa shape index (κ1) is 35.7. The Labute approximate surface area is 298 Å². The molecule has 1 N–H and O–H groups in total. The molecule has 0 aliphatic carbocycles. The molecule has 1 fully saturated rings. The molecule has 1 amide bonds. The molecule has 0 bridgehead atoms. The summed E-state index contributed by atoms with van der Waals surface area (Å²) >= 11 is 0. The molecular weight excluding hydrogens is 671 g/mol. The summed E-state index contributed by atoms with van der Waals surface area (Å²) in [5.41, 5.74) is 3.06. The highest BCUT2D eigenvalue weighted by molar-refractivity contribution is 7.89. The Balaban J connectivity index is 1.17. The SMILES string of the molecule is CC(C)CN(C[C@H]1OC(C)(C)N(C(=O)O)[C@H]1Cc1ccc(OCc2ccc(-c3ccccc3C#N)cc2)cc1)S(=O)(=O)c1ccc2c(c1)OCO2. The molecule has 1 saturated heterocycles. The third-order valence-corrected chi connectivity index (χ3v) is 10.8. The van der Waals surface area contributed by atoms with Crippen LogP contribution in [0.3, 0.4) is 0 Å². The van der Waals surface area contributed by atoms with Crippen molar-refractivity contribution < 1.29 is 37.3 Å². The summed E-state index contributed by atoms with van der Waals surface area (Å²) in [6.45, 7) is 7.73. The number of amides is 1. The molecule has 11 nitrogen and oxygen atoms in total. The van der Waals surface area contributed by atoms with Crippen molar-refractivity contribution in [3.63, 3.8) is 0 Å². The van der Waals surface area contributed by atoms with Gasteiger partial charge in [0.05, 0.1) is 28.7 Å². The van der Waals surface area contributed by atoms with Crippen molar-refractivity contribution >= 4 is 16.1 Å². The summed E-state index contributed by atoms with van der Waals surface area (Å²) in [5.74, 6) is 1.47. The van der Waals surface area contributed by atoms with E-state index in [2.05, 4.69) is 6.07 Å². The second-order valence-corrected chi connectivity index (χ2v) is 15.5. The summed E-state index contributed by atoms with van der Waals surface area (Å²) in [5, 5.41) is 19.7. The van der Waals surface area contributed by atoms with Crippen molar-refractivity contribution in [3.8, 4) is 34.4 Å². The molecule has 0 unspecified atom stereocenters. The molecule has 4 aromatic rings. The molecule has 2 aliphatic heterocycles. The van der Waals surface area contributed by atoms with E-state index in [1.54, 1.807) is 26.0 Å². The van der Waals surface area contributed by atoms with E-state index < -0.39 is 34.0 Å². The fourth-order valence-corrected chi connectivity index (χ4v) is 8.26. The Morgan fingerprint density at radius 3 is 2.37 bits per heavy atom. The van der Waals surface area contributed by atoms with Crippen LogP contribution in [0.25, 0.3) is 11.1 Å². The van der Waals surface area contributed by atoms with Gasteiger partial charge in [-0.15, -0.1) is 0 Å². The van der Waals surface area contributed by atoms with E-state index in [4.69, 9.17) is 18.9 Å². The highest BCUT2D eigenvalue weighted by Crippen LogP contribution is 2.38. The monoisotopic (exact) mass is 711 g/mol. The first-order valence-corrected chi connectivity index (χ1v) is 18.2. The number of carboxylic acid groups (broad SMARTS) is 1. The Morgan fingerprint density at radius 1 is 1.00 bits per heavy atom. The number of fused-ring (bicyclic) bond motifs is 1. The number of hydrogen-bond acceptors (Lipinski definition) is 8. The van der Waals surface area contributed by atoms with Gasteiger partial charge < -0.3 is 24.1 Å². The van der Waals surface area contributed by atoms with Gasteiger partial charge in [0.15, 0.2) is 11.5 Å². The summed E-state index contributed by atoms with van der Waals surface area (Å²) in [7, 11) is -4.01. The lowest BCUT2D eigenvalue weighted by molar-refractivity contribution is -0.0691. The smallest absolute Gasteiger partial charge is 0.409 e. The zero-order valence-electron chi connectivity index (χ0n) is 29.0. The lowest BCUT2D eigenvalue weighted by Crippen LogP contribution is -2.50. The number of rotatable bonds is 12. The van der Waals surface area contributed by atoms with Gasteiger partial charge in [-0.3, -0.25) is 4.90 Å². The number of ether oxygens (including phenoxy) is 4. The zero-order valence-corrected chi connectivity index (χ0v) is 29.8. The van der Waals surface area contributed by atoms with Crippen LogP contribution in [0.15, 0.2) is 95.9 Å². The summed E-state index contributed by atoms with van der Waals surface area (Å²) in [6, 6.07) is 28.9. The van der Waals surface area contributed by atoms with Crippen molar-refractivity contribution in [3.05, 3.63) is 108 Å². The summed E-state index contributed by atoms with van der Waals surface area (Å²) < 4.78 is 52.6. The number of hydrogen-bond donors (Lipinski definition) is 1. The van der Waals surface area contributed by atoms with Crippen LogP contribution >= 0.6 is 0 Å². The van der Waals surface area contributed by atoms with Crippen LogP contribution in [0.1, 0.15) is 44.4 Å². The quantitative estimate of drug-likeness (QED) is 0.166. The summed E-state index contributed by atoms with van der Waals surface area (Å²) in [6.07, 6.45) is -1.60. The van der Waals surface area contributed by atoms with E-state index in [1.807, 2.05) is 80.6 Å². The minimum absolute atomic E-state index is 0.0111. The maximum absolute atomic E-state index is 14.0. The number of nitriles is 1. The van der Waals surface area contributed by atoms with Gasteiger partial charge in [0.2, 0.25) is 16.8 Å². The first-order valence-electron chi connectivity index (χ1n) is 16.8. The molecule has 2 atom stereocenters. The summed E-state index contributed by atoms with van der Waals surface area (Å²) in [4.78, 5) is 14.0. The molecule has 266 valence electrons. The van der Waals surface area contributed by atoms with Crippen LogP contribution in [-0.2, 0) is 27.8 Å². The largest absolute Gasteiger partial charge is 0.489 e. The molecule has 0 radical (unpaired) electrons. The van der Waals surface area contributed by atoms with E-state index in [-0.39, 0.29) is 30.7 Å². The van der Waals surface area contributed by atoms with Gasteiger partial charge >= 0.3 is 6.09 Å². The molecule has 0 aromatic heterocycles.